The van der Waals surface area contributed by atoms with Crippen LogP contribution in [0.15, 0.2) is 0 Å². The van der Waals surface area contributed by atoms with Gasteiger partial charge in [0, 0.05) is 13.1 Å². The predicted octanol–water partition coefficient (Wildman–Crippen LogP) is 1.87. The molecule has 0 spiro atoms. The second-order valence-electron chi connectivity index (χ2n) is 5.33. The van der Waals surface area contributed by atoms with Crippen LogP contribution in [-0.4, -0.2) is 34.1 Å². The van der Waals surface area contributed by atoms with E-state index in [-0.39, 0.29) is 12.1 Å². The van der Waals surface area contributed by atoms with Crippen molar-refractivity contribution in [3.05, 3.63) is 0 Å². The van der Waals surface area contributed by atoms with Crippen LogP contribution < -0.4 is 15.4 Å². The number of rotatable bonds is 5. The maximum atomic E-state index is 5.73. The maximum absolute atomic E-state index is 5.73. The third kappa shape index (κ3) is 3.68. The van der Waals surface area contributed by atoms with Crippen molar-refractivity contribution in [2.24, 2.45) is 5.92 Å². The number of nitrogens with two attached hydrogens (primary N) is 1. The second-order valence-corrected chi connectivity index (χ2v) is 5.33. The molecule has 19 heavy (non-hydrogen) atoms. The summed E-state index contributed by atoms with van der Waals surface area (Å²) >= 11 is 0. The van der Waals surface area contributed by atoms with Crippen LogP contribution in [0.25, 0.3) is 0 Å². The lowest BCUT2D eigenvalue weighted by molar-refractivity contribution is 0.222. The molecule has 0 bridgehead atoms. The van der Waals surface area contributed by atoms with Crippen LogP contribution in [0.3, 0.4) is 0 Å². The molecule has 1 aliphatic heterocycles. The molecule has 0 aliphatic carbocycles. The summed E-state index contributed by atoms with van der Waals surface area (Å²) in [5.74, 6) is 1.60. The molecule has 6 nitrogen and oxygen atoms in total. The van der Waals surface area contributed by atoms with Gasteiger partial charge in [-0.1, -0.05) is 13.3 Å². The van der Waals surface area contributed by atoms with E-state index < -0.39 is 0 Å². The lowest BCUT2D eigenvalue weighted by Crippen LogP contribution is -2.23. The molecule has 1 fully saturated rings. The van der Waals surface area contributed by atoms with E-state index in [2.05, 4.69) is 26.8 Å². The first-order valence-electron chi connectivity index (χ1n) is 7.01. The van der Waals surface area contributed by atoms with Crippen LogP contribution in [0.2, 0.25) is 0 Å². The largest absolute Gasteiger partial charge is 0.461 e. The Bertz CT molecular complexity index is 423. The van der Waals surface area contributed by atoms with E-state index in [0.29, 0.717) is 12.0 Å². The topological polar surface area (TPSA) is 77.2 Å². The van der Waals surface area contributed by atoms with Crippen LogP contribution >= 0.6 is 0 Å². The minimum absolute atomic E-state index is 0.0288. The van der Waals surface area contributed by atoms with Gasteiger partial charge in [-0.2, -0.15) is 15.0 Å². The Morgan fingerprint density at radius 1 is 1.37 bits per heavy atom. The lowest BCUT2D eigenvalue weighted by atomic mass is 10.0. The molecular formula is C13H23N5O. The smallest absolute Gasteiger partial charge is 0.323 e. The Morgan fingerprint density at radius 3 is 2.84 bits per heavy atom. The van der Waals surface area contributed by atoms with Crippen LogP contribution in [-0.2, 0) is 0 Å². The van der Waals surface area contributed by atoms with Crippen LogP contribution in [0, 0.1) is 5.92 Å². The van der Waals surface area contributed by atoms with E-state index in [1.807, 2.05) is 13.8 Å². The van der Waals surface area contributed by atoms with Gasteiger partial charge >= 0.3 is 6.01 Å². The van der Waals surface area contributed by atoms with Gasteiger partial charge in [0.05, 0.1) is 6.10 Å². The predicted molar refractivity (Wildman–Crippen MR) is 75.2 cm³/mol. The summed E-state index contributed by atoms with van der Waals surface area (Å²) in [6.07, 6.45) is 3.70. The Kier molecular flexibility index (Phi) is 4.39. The lowest BCUT2D eigenvalue weighted by Gasteiger charge is -2.17. The quantitative estimate of drug-likeness (QED) is 0.875. The van der Waals surface area contributed by atoms with Crippen molar-refractivity contribution >= 4 is 11.9 Å². The van der Waals surface area contributed by atoms with Gasteiger partial charge in [-0.3, -0.25) is 0 Å². The molecule has 1 saturated heterocycles. The number of hydrogen-bond acceptors (Lipinski definition) is 6. The van der Waals surface area contributed by atoms with Crippen molar-refractivity contribution in [3.63, 3.8) is 0 Å². The fraction of sp³-hybridized carbons (Fsp3) is 0.769. The third-order valence-electron chi connectivity index (χ3n) is 3.23. The van der Waals surface area contributed by atoms with Crippen molar-refractivity contribution in [1.82, 2.24) is 15.0 Å². The molecule has 2 N–H and O–H groups in total. The molecule has 1 atom stereocenters. The van der Waals surface area contributed by atoms with Crippen molar-refractivity contribution in [2.45, 2.75) is 46.1 Å². The number of ether oxygens (including phenoxy) is 1. The summed E-state index contributed by atoms with van der Waals surface area (Å²) in [5, 5.41) is 0. The highest BCUT2D eigenvalue weighted by atomic mass is 16.5. The first kappa shape index (κ1) is 13.8. The molecule has 1 unspecified atom stereocenters. The van der Waals surface area contributed by atoms with Gasteiger partial charge in [0.1, 0.15) is 0 Å². The van der Waals surface area contributed by atoms with Gasteiger partial charge in [0.25, 0.3) is 0 Å². The number of nitrogen functional groups attached to an aromatic ring is 1. The Balaban J connectivity index is 2.09. The van der Waals surface area contributed by atoms with Crippen molar-refractivity contribution < 1.29 is 4.74 Å². The van der Waals surface area contributed by atoms with Gasteiger partial charge in [0.2, 0.25) is 11.9 Å². The monoisotopic (exact) mass is 265 g/mol. The molecule has 0 radical (unpaired) electrons. The maximum Gasteiger partial charge on any atom is 0.323 e. The van der Waals surface area contributed by atoms with Gasteiger partial charge in [0.15, 0.2) is 0 Å². The molecule has 2 rings (SSSR count). The van der Waals surface area contributed by atoms with Crippen LogP contribution in [0.1, 0.15) is 40.0 Å². The average molecular weight is 265 g/mol. The minimum Gasteiger partial charge on any atom is -0.461 e. The standard InChI is InChI=1S/C13H23N5O/c1-4-5-10-6-7-18(8-10)12-15-11(14)16-13(17-12)19-9(2)3/h9-10H,4-8H2,1-3H3,(H2,14,15,16,17). The Morgan fingerprint density at radius 2 is 2.16 bits per heavy atom. The highest BCUT2D eigenvalue weighted by Gasteiger charge is 2.24. The zero-order chi connectivity index (χ0) is 13.8. The molecule has 6 heteroatoms. The van der Waals surface area contributed by atoms with Crippen molar-refractivity contribution in [2.75, 3.05) is 23.7 Å². The molecule has 0 saturated carbocycles. The fourth-order valence-electron chi connectivity index (χ4n) is 2.42. The van der Waals surface area contributed by atoms with Crippen LogP contribution in [0.4, 0.5) is 11.9 Å². The number of anilines is 2. The van der Waals surface area contributed by atoms with E-state index in [4.69, 9.17) is 10.5 Å². The van der Waals surface area contributed by atoms with Gasteiger partial charge < -0.3 is 15.4 Å². The molecule has 1 aliphatic rings. The summed E-state index contributed by atoms with van der Waals surface area (Å²) in [5.41, 5.74) is 5.73. The molecular weight excluding hydrogens is 242 g/mol. The van der Waals surface area contributed by atoms with Crippen LogP contribution in [0.5, 0.6) is 6.01 Å². The summed E-state index contributed by atoms with van der Waals surface area (Å²) in [4.78, 5) is 14.8. The zero-order valence-corrected chi connectivity index (χ0v) is 12.0. The first-order valence-corrected chi connectivity index (χ1v) is 7.01. The number of aromatic nitrogens is 3. The molecule has 106 valence electrons. The zero-order valence-electron chi connectivity index (χ0n) is 12.0. The first-order chi connectivity index (χ1) is 9.08. The van der Waals surface area contributed by atoms with Crippen molar-refractivity contribution in [1.29, 1.82) is 0 Å². The normalized spacial score (nSPS) is 19.2. The summed E-state index contributed by atoms with van der Waals surface area (Å²) in [6, 6.07) is 0.316. The molecule has 0 aromatic carbocycles. The summed E-state index contributed by atoms with van der Waals surface area (Å²) in [7, 11) is 0. The van der Waals surface area contributed by atoms with Gasteiger partial charge in [-0.25, -0.2) is 0 Å². The van der Waals surface area contributed by atoms with E-state index in [9.17, 15) is 0 Å². The van der Waals surface area contributed by atoms with Gasteiger partial charge in [-0.15, -0.1) is 0 Å². The summed E-state index contributed by atoms with van der Waals surface area (Å²) < 4.78 is 5.50. The molecule has 2 heterocycles. The molecule has 0 amide bonds. The van der Waals surface area contributed by atoms with E-state index >= 15 is 0 Å². The molecule has 1 aromatic rings. The molecule has 1 aromatic heterocycles. The van der Waals surface area contributed by atoms with E-state index in [0.717, 1.165) is 19.0 Å². The number of nitrogens with zero attached hydrogens (tertiary/aromatic N) is 4. The fourth-order valence-corrected chi connectivity index (χ4v) is 2.42. The third-order valence-corrected chi connectivity index (χ3v) is 3.23. The minimum atomic E-state index is 0.0288. The average Bonchev–Trinajstić information content (AvgIpc) is 2.76. The highest BCUT2D eigenvalue weighted by Crippen LogP contribution is 2.25. The highest BCUT2D eigenvalue weighted by molar-refractivity contribution is 5.37. The SMILES string of the molecule is CCCC1CCN(c2nc(N)nc(OC(C)C)n2)C1. The van der Waals surface area contributed by atoms with Gasteiger partial charge in [-0.05, 0) is 32.6 Å². The Hall–Kier alpha value is -1.59. The van der Waals surface area contributed by atoms with Crippen molar-refractivity contribution in [3.8, 4) is 6.01 Å². The number of hydrogen-bond donors (Lipinski definition) is 1. The summed E-state index contributed by atoms with van der Waals surface area (Å²) in [6.45, 7) is 8.07. The van der Waals surface area contributed by atoms with E-state index in [1.165, 1.54) is 19.3 Å². The second kappa shape index (κ2) is 6.04. The van der Waals surface area contributed by atoms with E-state index in [1.54, 1.807) is 0 Å². The Labute approximate surface area is 114 Å².